The van der Waals surface area contributed by atoms with E-state index in [1.54, 1.807) is 0 Å². The topological polar surface area (TPSA) is 16.4 Å². The lowest BCUT2D eigenvalue weighted by Gasteiger charge is -2.26. The number of benzene rings is 8. The molecular formula is C46H31NO. The van der Waals surface area contributed by atoms with E-state index < -0.39 is 0 Å². The average molecular weight is 614 g/mol. The monoisotopic (exact) mass is 613 g/mol. The van der Waals surface area contributed by atoms with Crippen molar-refractivity contribution in [3.05, 3.63) is 188 Å². The number of fused-ring (bicyclic) bond motifs is 4. The van der Waals surface area contributed by atoms with Gasteiger partial charge < -0.3 is 9.32 Å². The number of para-hydroxylation sites is 2. The summed E-state index contributed by atoms with van der Waals surface area (Å²) >= 11 is 0. The van der Waals surface area contributed by atoms with Crippen molar-refractivity contribution in [2.45, 2.75) is 0 Å². The van der Waals surface area contributed by atoms with Gasteiger partial charge in [-0.25, -0.2) is 0 Å². The smallest absolute Gasteiger partial charge is 0.136 e. The van der Waals surface area contributed by atoms with Gasteiger partial charge in [-0.3, -0.25) is 0 Å². The lowest BCUT2D eigenvalue weighted by molar-refractivity contribution is 0.669. The zero-order valence-corrected chi connectivity index (χ0v) is 26.3. The molecule has 2 nitrogen and oxygen atoms in total. The maximum Gasteiger partial charge on any atom is 0.136 e. The van der Waals surface area contributed by atoms with Crippen LogP contribution in [0, 0.1) is 0 Å². The summed E-state index contributed by atoms with van der Waals surface area (Å²) in [5.41, 5.74) is 12.4. The fraction of sp³-hybridized carbons (Fsp3) is 0. The van der Waals surface area contributed by atoms with Crippen LogP contribution in [-0.2, 0) is 0 Å². The van der Waals surface area contributed by atoms with Crippen LogP contribution in [0.3, 0.4) is 0 Å². The number of nitrogens with zero attached hydrogens (tertiary/aromatic N) is 1. The number of hydrogen-bond donors (Lipinski definition) is 0. The van der Waals surface area contributed by atoms with E-state index in [1.807, 2.05) is 12.1 Å². The highest BCUT2D eigenvalue weighted by Gasteiger charge is 2.14. The predicted molar refractivity (Wildman–Crippen MR) is 202 cm³/mol. The van der Waals surface area contributed by atoms with Crippen molar-refractivity contribution in [2.75, 3.05) is 4.90 Å². The highest BCUT2D eigenvalue weighted by Crippen LogP contribution is 2.38. The van der Waals surface area contributed by atoms with Crippen LogP contribution in [0.2, 0.25) is 0 Å². The van der Waals surface area contributed by atoms with Crippen LogP contribution in [0.5, 0.6) is 0 Å². The molecule has 0 radical (unpaired) electrons. The number of anilines is 3. The van der Waals surface area contributed by atoms with E-state index in [0.717, 1.165) is 39.0 Å². The molecule has 0 spiro atoms. The van der Waals surface area contributed by atoms with Crippen LogP contribution in [0.4, 0.5) is 17.1 Å². The molecule has 0 aliphatic carbocycles. The number of hydrogen-bond acceptors (Lipinski definition) is 2. The summed E-state index contributed by atoms with van der Waals surface area (Å²) in [4.78, 5) is 2.31. The Morgan fingerprint density at radius 3 is 1.42 bits per heavy atom. The first-order valence-corrected chi connectivity index (χ1v) is 16.3. The minimum absolute atomic E-state index is 0.925. The van der Waals surface area contributed by atoms with E-state index in [-0.39, 0.29) is 0 Å². The Labute approximate surface area is 279 Å². The first-order chi connectivity index (χ1) is 23.8. The van der Waals surface area contributed by atoms with E-state index in [1.165, 1.54) is 44.2 Å². The van der Waals surface area contributed by atoms with Gasteiger partial charge in [0.25, 0.3) is 0 Å². The maximum atomic E-state index is 6.13. The molecule has 9 aromatic rings. The molecule has 2 heteroatoms. The molecule has 1 heterocycles. The molecule has 0 saturated heterocycles. The van der Waals surface area contributed by atoms with E-state index in [9.17, 15) is 0 Å². The predicted octanol–water partition coefficient (Wildman–Crippen LogP) is 13.2. The van der Waals surface area contributed by atoms with Crippen LogP contribution in [0.25, 0.3) is 66.1 Å². The van der Waals surface area contributed by atoms with Gasteiger partial charge in [0, 0.05) is 27.8 Å². The Bertz CT molecular complexity index is 2510. The van der Waals surface area contributed by atoms with Crippen LogP contribution >= 0.6 is 0 Å². The first-order valence-electron chi connectivity index (χ1n) is 16.3. The Kier molecular flexibility index (Phi) is 6.84. The molecule has 48 heavy (non-hydrogen) atoms. The van der Waals surface area contributed by atoms with Crippen molar-refractivity contribution in [1.82, 2.24) is 0 Å². The third kappa shape index (κ3) is 5.10. The standard InChI is InChI=1S/C46H31NO/c1-3-9-32(10-4-1)33-15-17-34(18-16-33)35-21-25-41(26-22-35)47(40-11-5-2-6-12-40)42-27-23-36(24-28-42)37-19-20-38-31-46-44(30-39(38)29-37)43-13-7-8-14-45(43)48-46/h1-31H. The summed E-state index contributed by atoms with van der Waals surface area (Å²) < 4.78 is 6.13. The summed E-state index contributed by atoms with van der Waals surface area (Å²) in [5, 5.41) is 4.68. The fourth-order valence-electron chi connectivity index (χ4n) is 6.76. The summed E-state index contributed by atoms with van der Waals surface area (Å²) in [6.45, 7) is 0. The van der Waals surface area contributed by atoms with Crippen LogP contribution in [0.15, 0.2) is 192 Å². The lowest BCUT2D eigenvalue weighted by Crippen LogP contribution is -2.09. The molecule has 0 saturated carbocycles. The fourth-order valence-corrected chi connectivity index (χ4v) is 6.76. The molecule has 9 rings (SSSR count). The molecule has 0 aliphatic rings. The molecule has 0 amide bonds. The van der Waals surface area contributed by atoms with Crippen LogP contribution in [0.1, 0.15) is 0 Å². The SMILES string of the molecule is c1ccc(-c2ccc(-c3ccc(N(c4ccccc4)c4ccc(-c5ccc6cc7oc8ccccc8c7cc6c5)cc4)cc3)cc2)cc1. The quantitative estimate of drug-likeness (QED) is 0.185. The molecule has 0 N–H and O–H groups in total. The van der Waals surface area contributed by atoms with Gasteiger partial charge in [-0.05, 0) is 105 Å². The van der Waals surface area contributed by atoms with Crippen molar-refractivity contribution in [3.8, 4) is 33.4 Å². The summed E-state index contributed by atoms with van der Waals surface area (Å²) in [6.07, 6.45) is 0. The van der Waals surface area contributed by atoms with E-state index >= 15 is 0 Å². The summed E-state index contributed by atoms with van der Waals surface area (Å²) in [7, 11) is 0. The zero-order chi connectivity index (χ0) is 31.9. The molecule has 8 aromatic carbocycles. The highest BCUT2D eigenvalue weighted by molar-refractivity contribution is 6.10. The number of rotatable bonds is 6. The second kappa shape index (κ2) is 11.8. The van der Waals surface area contributed by atoms with Crippen LogP contribution in [-0.4, -0.2) is 0 Å². The molecule has 0 bridgehead atoms. The largest absolute Gasteiger partial charge is 0.456 e. The van der Waals surface area contributed by atoms with Gasteiger partial charge in [-0.15, -0.1) is 0 Å². The van der Waals surface area contributed by atoms with Crippen molar-refractivity contribution in [1.29, 1.82) is 0 Å². The minimum atomic E-state index is 0.925. The van der Waals surface area contributed by atoms with Gasteiger partial charge in [0.05, 0.1) is 0 Å². The van der Waals surface area contributed by atoms with Gasteiger partial charge in [0.2, 0.25) is 0 Å². The average Bonchev–Trinajstić information content (AvgIpc) is 3.52. The van der Waals surface area contributed by atoms with E-state index in [4.69, 9.17) is 4.42 Å². The van der Waals surface area contributed by atoms with Crippen molar-refractivity contribution >= 4 is 49.8 Å². The van der Waals surface area contributed by atoms with Gasteiger partial charge in [0.1, 0.15) is 11.2 Å². The molecule has 0 unspecified atom stereocenters. The Morgan fingerprint density at radius 2 is 0.771 bits per heavy atom. The molecular weight excluding hydrogens is 583 g/mol. The number of furan rings is 1. The van der Waals surface area contributed by atoms with Crippen LogP contribution < -0.4 is 4.90 Å². The summed E-state index contributed by atoms with van der Waals surface area (Å²) in [6, 6.07) is 67.0. The van der Waals surface area contributed by atoms with Gasteiger partial charge >= 0.3 is 0 Å². The van der Waals surface area contributed by atoms with Crippen molar-refractivity contribution in [3.63, 3.8) is 0 Å². The normalized spacial score (nSPS) is 11.3. The second-order valence-electron chi connectivity index (χ2n) is 12.2. The third-order valence-corrected chi connectivity index (χ3v) is 9.26. The van der Waals surface area contributed by atoms with Crippen molar-refractivity contribution in [2.24, 2.45) is 0 Å². The zero-order valence-electron chi connectivity index (χ0n) is 26.3. The Morgan fingerprint density at radius 1 is 0.292 bits per heavy atom. The van der Waals surface area contributed by atoms with E-state index in [2.05, 4.69) is 181 Å². The minimum Gasteiger partial charge on any atom is -0.456 e. The maximum absolute atomic E-state index is 6.13. The second-order valence-corrected chi connectivity index (χ2v) is 12.2. The molecule has 226 valence electrons. The van der Waals surface area contributed by atoms with Crippen molar-refractivity contribution < 1.29 is 4.42 Å². The highest BCUT2D eigenvalue weighted by atomic mass is 16.3. The van der Waals surface area contributed by atoms with Gasteiger partial charge in [0.15, 0.2) is 0 Å². The third-order valence-electron chi connectivity index (χ3n) is 9.26. The van der Waals surface area contributed by atoms with Gasteiger partial charge in [-0.1, -0.05) is 127 Å². The Balaban J connectivity index is 1.03. The molecule has 0 aliphatic heterocycles. The van der Waals surface area contributed by atoms with E-state index in [0.29, 0.717) is 0 Å². The van der Waals surface area contributed by atoms with Gasteiger partial charge in [-0.2, -0.15) is 0 Å². The lowest BCUT2D eigenvalue weighted by atomic mass is 9.99. The molecule has 0 atom stereocenters. The first kappa shape index (κ1) is 27.9. The summed E-state index contributed by atoms with van der Waals surface area (Å²) in [5.74, 6) is 0. The Hall–Kier alpha value is -6.38. The molecule has 0 fully saturated rings. The molecule has 1 aromatic heterocycles.